The van der Waals surface area contributed by atoms with Gasteiger partial charge in [0.2, 0.25) is 0 Å². The van der Waals surface area contributed by atoms with Gasteiger partial charge in [-0.25, -0.2) is 0 Å². The van der Waals surface area contributed by atoms with Gasteiger partial charge in [-0.05, 0) is 6.92 Å². The molecular formula is C2H19ClGdO7. The van der Waals surface area contributed by atoms with Gasteiger partial charge in [0, 0.05) is 46.5 Å². The number of aliphatic hydroxyl groups is 1. The Morgan fingerprint density at radius 1 is 0.818 bits per heavy atom. The summed E-state index contributed by atoms with van der Waals surface area (Å²) in [6, 6.07) is 0. The maximum absolute atomic E-state index is 7.57. The predicted octanol–water partition coefficient (Wildman–Crippen LogP) is -4.53. The van der Waals surface area contributed by atoms with Gasteiger partial charge < -0.3 is 38.0 Å². The Bertz CT molecular complexity index is 16.4. The van der Waals surface area contributed by atoms with E-state index < -0.39 is 0 Å². The van der Waals surface area contributed by atoms with Gasteiger partial charge in [0.05, 0.1) is 0 Å². The molecule has 0 aromatic heterocycles. The number of halogens is 1. The first-order chi connectivity index (χ1) is 1.41. The van der Waals surface area contributed by atoms with Crippen LogP contribution in [0.2, 0.25) is 0 Å². The molecule has 0 aromatic rings. The van der Waals surface area contributed by atoms with Gasteiger partial charge in [-0.15, -0.1) is 12.4 Å². The van der Waals surface area contributed by atoms with Crippen LogP contribution in [0.1, 0.15) is 6.92 Å². The van der Waals surface area contributed by atoms with Crippen LogP contribution in [0.3, 0.4) is 0 Å². The average molecular weight is 348 g/mol. The monoisotopic (exact) mass is 348 g/mol. The van der Waals surface area contributed by atoms with Crippen LogP contribution in [-0.2, 0) is 0 Å². The standard InChI is InChI=1S/C2H6O.ClH.Gd.6H2O/c1-2-3;;;;;;;;/h3H,2H2,1H3;1H;;6*1H2. The molecule has 0 heterocycles. The number of hydrogen-bond acceptors (Lipinski definition) is 1. The molecule has 0 saturated heterocycles. The fraction of sp³-hybridized carbons (Fsp3) is 1.00. The SMILES string of the molecule is CCO.Cl.O.O.O.O.O.O.[Gd]. The van der Waals surface area contributed by atoms with Crippen molar-refractivity contribution in [2.75, 3.05) is 6.61 Å². The first-order valence-corrected chi connectivity index (χ1v) is 1.02. The molecule has 0 radical (unpaired) electrons. The van der Waals surface area contributed by atoms with Crippen molar-refractivity contribution in [3.63, 3.8) is 0 Å². The van der Waals surface area contributed by atoms with E-state index in [1.54, 1.807) is 6.92 Å². The van der Waals surface area contributed by atoms with Crippen molar-refractivity contribution in [3.8, 4) is 0 Å². The van der Waals surface area contributed by atoms with Crippen molar-refractivity contribution in [3.05, 3.63) is 0 Å². The molecular weight excluding hydrogens is 329 g/mol. The van der Waals surface area contributed by atoms with Crippen molar-refractivity contribution < 1.29 is 77.9 Å². The van der Waals surface area contributed by atoms with E-state index in [0.717, 1.165) is 0 Å². The van der Waals surface area contributed by atoms with Gasteiger partial charge in [0.15, 0.2) is 0 Å². The van der Waals surface area contributed by atoms with Gasteiger partial charge in [0.25, 0.3) is 0 Å². The number of rotatable bonds is 0. The second-order valence-corrected chi connectivity index (χ2v) is 0.316. The van der Waals surface area contributed by atoms with Crippen molar-refractivity contribution in [2.24, 2.45) is 0 Å². The predicted molar refractivity (Wildman–Crippen MR) is 41.7 cm³/mol. The van der Waals surface area contributed by atoms with Gasteiger partial charge in [-0.2, -0.15) is 0 Å². The van der Waals surface area contributed by atoms with E-state index in [1.165, 1.54) is 0 Å². The summed E-state index contributed by atoms with van der Waals surface area (Å²) in [6.07, 6.45) is 0. The minimum Gasteiger partial charge on any atom is -0.412 e. The summed E-state index contributed by atoms with van der Waals surface area (Å²) in [5.74, 6) is 0. The molecule has 9 heteroatoms. The van der Waals surface area contributed by atoms with Crippen LogP contribution < -0.4 is 0 Å². The molecule has 0 aromatic carbocycles. The third-order valence-electron chi connectivity index (χ3n) is 0. The maximum atomic E-state index is 7.57. The molecule has 0 fully saturated rings. The van der Waals surface area contributed by atoms with Crippen LogP contribution in [0.25, 0.3) is 0 Å². The smallest absolute Gasteiger partial charge is 0.0402 e. The summed E-state index contributed by atoms with van der Waals surface area (Å²) < 4.78 is 0. The molecule has 0 aliphatic heterocycles. The Hall–Kier alpha value is 1.33. The van der Waals surface area contributed by atoms with Crippen molar-refractivity contribution >= 4 is 12.4 Å². The summed E-state index contributed by atoms with van der Waals surface area (Å²) in [7, 11) is 0. The Balaban J connectivity index is -0.000000000714. The van der Waals surface area contributed by atoms with E-state index in [9.17, 15) is 0 Å². The number of aliphatic hydroxyl groups excluding tert-OH is 1. The van der Waals surface area contributed by atoms with Gasteiger partial charge in [-0.1, -0.05) is 0 Å². The summed E-state index contributed by atoms with van der Waals surface area (Å²) in [6.45, 7) is 1.93. The second kappa shape index (κ2) is 222. The van der Waals surface area contributed by atoms with Crippen LogP contribution in [0.4, 0.5) is 0 Å². The molecule has 7 nitrogen and oxygen atoms in total. The Morgan fingerprint density at radius 3 is 0.818 bits per heavy atom. The zero-order chi connectivity index (χ0) is 2.71. The molecule has 13 N–H and O–H groups in total. The fourth-order valence-electron chi connectivity index (χ4n) is 0. The zero-order valence-electron chi connectivity index (χ0n) is 5.92. The topological polar surface area (TPSA) is 209 Å². The second-order valence-electron chi connectivity index (χ2n) is 0.316. The molecule has 84 valence electrons. The Kier molecular flexibility index (Phi) is 2880. The molecule has 0 bridgehead atoms. The van der Waals surface area contributed by atoms with Crippen molar-refractivity contribution in [1.82, 2.24) is 0 Å². The van der Waals surface area contributed by atoms with E-state index in [1.807, 2.05) is 0 Å². The van der Waals surface area contributed by atoms with E-state index >= 15 is 0 Å². The molecule has 0 atom stereocenters. The maximum Gasteiger partial charge on any atom is 0.0402 e. The molecule has 0 aliphatic carbocycles. The molecule has 0 aliphatic rings. The van der Waals surface area contributed by atoms with E-state index in [2.05, 4.69) is 0 Å². The summed E-state index contributed by atoms with van der Waals surface area (Å²) >= 11 is 0. The minimum atomic E-state index is 0. The van der Waals surface area contributed by atoms with Crippen molar-refractivity contribution in [1.29, 1.82) is 0 Å². The van der Waals surface area contributed by atoms with E-state index in [-0.39, 0.29) is 91.8 Å². The third kappa shape index (κ3) is 554. The summed E-state index contributed by atoms with van der Waals surface area (Å²) in [5.41, 5.74) is 0. The van der Waals surface area contributed by atoms with Gasteiger partial charge in [-0.3, -0.25) is 0 Å². The van der Waals surface area contributed by atoms with Crippen LogP contribution in [-0.4, -0.2) is 44.6 Å². The fourth-order valence-corrected chi connectivity index (χ4v) is 0. The van der Waals surface area contributed by atoms with E-state index in [0.29, 0.717) is 0 Å². The van der Waals surface area contributed by atoms with Crippen LogP contribution in [0.5, 0.6) is 0 Å². The molecule has 11 heavy (non-hydrogen) atoms. The number of hydrogen-bond donors (Lipinski definition) is 1. The first-order valence-electron chi connectivity index (χ1n) is 1.02. The molecule has 0 amide bonds. The zero-order valence-corrected chi connectivity index (χ0v) is 9.00. The first kappa shape index (κ1) is 143. The summed E-state index contributed by atoms with van der Waals surface area (Å²) in [5, 5.41) is 7.57. The molecule has 0 saturated carbocycles. The average Bonchev–Trinajstić information content (AvgIpc) is 0.918. The van der Waals surface area contributed by atoms with Gasteiger partial charge >= 0.3 is 0 Å². The quantitative estimate of drug-likeness (QED) is 0.450. The van der Waals surface area contributed by atoms with Crippen LogP contribution in [0.15, 0.2) is 0 Å². The Morgan fingerprint density at radius 2 is 0.818 bits per heavy atom. The normalized spacial score (nSPS) is 1.64. The summed E-state index contributed by atoms with van der Waals surface area (Å²) in [4.78, 5) is 0. The van der Waals surface area contributed by atoms with Crippen LogP contribution >= 0.6 is 12.4 Å². The molecule has 0 unspecified atom stereocenters. The minimum absolute atomic E-state index is 0. The molecule has 0 spiro atoms. The molecule has 0 rings (SSSR count). The van der Waals surface area contributed by atoms with Crippen LogP contribution in [0, 0.1) is 39.9 Å². The third-order valence-corrected chi connectivity index (χ3v) is 0. The Labute approximate surface area is 103 Å². The van der Waals surface area contributed by atoms with E-state index in [4.69, 9.17) is 5.11 Å². The van der Waals surface area contributed by atoms with Gasteiger partial charge in [0.1, 0.15) is 0 Å². The largest absolute Gasteiger partial charge is 0.412 e. The van der Waals surface area contributed by atoms with Crippen molar-refractivity contribution in [2.45, 2.75) is 6.92 Å².